The summed E-state index contributed by atoms with van der Waals surface area (Å²) < 4.78 is 0. The molecule has 0 saturated heterocycles. The molecule has 0 aliphatic rings. The Hall–Kier alpha value is -3.40. The zero-order valence-electron chi connectivity index (χ0n) is 15.9. The van der Waals surface area contributed by atoms with Gasteiger partial charge in [0.2, 0.25) is 11.8 Å². The van der Waals surface area contributed by atoms with Crippen molar-refractivity contribution in [1.29, 1.82) is 0 Å². The quantitative estimate of drug-likeness (QED) is 0.629. The number of anilines is 2. The summed E-state index contributed by atoms with van der Waals surface area (Å²) in [5, 5.41) is 5.78. The Morgan fingerprint density at radius 3 is 1.93 bits per heavy atom. The Kier molecular flexibility index (Phi) is 6.58. The molecular weight excluding hydrogens is 348 g/mol. The van der Waals surface area contributed by atoms with Crippen LogP contribution in [0.15, 0.2) is 78.9 Å². The first-order valence-electron chi connectivity index (χ1n) is 9.38. The zero-order chi connectivity index (χ0) is 19.8. The third kappa shape index (κ3) is 5.81. The van der Waals surface area contributed by atoms with Crippen LogP contribution in [0.5, 0.6) is 0 Å². The standard InChI is InChI=1S/C24H24N2O2/c1-18-7-5-6-10-20(18)17-24(28)26-22-14-12-21(13-15-22)25-23(27)16-11-19-8-3-2-4-9-19/h2-10,12-15H,11,16-17H2,1H3,(H,25,27)(H,26,28). The van der Waals surface area contributed by atoms with Gasteiger partial charge >= 0.3 is 0 Å². The molecule has 28 heavy (non-hydrogen) atoms. The van der Waals surface area contributed by atoms with Gasteiger partial charge in [-0.2, -0.15) is 0 Å². The summed E-state index contributed by atoms with van der Waals surface area (Å²) in [6, 6.07) is 25.0. The van der Waals surface area contributed by atoms with Crippen LogP contribution in [-0.2, 0) is 22.4 Å². The molecule has 0 aliphatic heterocycles. The minimum atomic E-state index is -0.0612. The molecule has 0 bridgehead atoms. The number of amides is 2. The summed E-state index contributed by atoms with van der Waals surface area (Å²) in [4.78, 5) is 24.3. The Labute approximate surface area is 165 Å². The van der Waals surface area contributed by atoms with Gasteiger partial charge in [-0.1, -0.05) is 54.6 Å². The van der Waals surface area contributed by atoms with Crippen LogP contribution < -0.4 is 10.6 Å². The van der Waals surface area contributed by atoms with Gasteiger partial charge in [0.1, 0.15) is 0 Å². The van der Waals surface area contributed by atoms with E-state index in [9.17, 15) is 9.59 Å². The van der Waals surface area contributed by atoms with Gasteiger partial charge < -0.3 is 10.6 Å². The van der Waals surface area contributed by atoms with E-state index in [1.807, 2.05) is 61.5 Å². The third-order valence-electron chi connectivity index (χ3n) is 4.55. The molecule has 0 aromatic heterocycles. The minimum Gasteiger partial charge on any atom is -0.326 e. The van der Waals surface area contributed by atoms with Gasteiger partial charge in [0, 0.05) is 17.8 Å². The predicted octanol–water partition coefficient (Wildman–Crippen LogP) is 4.75. The van der Waals surface area contributed by atoms with Crippen LogP contribution in [0.25, 0.3) is 0 Å². The SMILES string of the molecule is Cc1ccccc1CC(=O)Nc1ccc(NC(=O)CCc2ccccc2)cc1. The average Bonchev–Trinajstić information content (AvgIpc) is 2.70. The van der Waals surface area contributed by atoms with Crippen LogP contribution in [0.1, 0.15) is 23.1 Å². The summed E-state index contributed by atoms with van der Waals surface area (Å²) >= 11 is 0. The summed E-state index contributed by atoms with van der Waals surface area (Å²) in [5.74, 6) is -0.0888. The molecule has 0 atom stereocenters. The van der Waals surface area contributed by atoms with Crippen LogP contribution in [0, 0.1) is 6.92 Å². The van der Waals surface area contributed by atoms with Crippen molar-refractivity contribution in [3.8, 4) is 0 Å². The van der Waals surface area contributed by atoms with E-state index in [0.29, 0.717) is 24.9 Å². The molecular formula is C24H24N2O2. The molecule has 0 unspecified atom stereocenters. The second kappa shape index (κ2) is 9.51. The summed E-state index contributed by atoms with van der Waals surface area (Å²) in [5.41, 5.74) is 4.69. The molecule has 2 N–H and O–H groups in total. The van der Waals surface area contributed by atoms with E-state index < -0.39 is 0 Å². The molecule has 142 valence electrons. The zero-order valence-corrected chi connectivity index (χ0v) is 15.9. The molecule has 0 saturated carbocycles. The van der Waals surface area contributed by atoms with Gasteiger partial charge in [0.15, 0.2) is 0 Å². The van der Waals surface area contributed by atoms with Gasteiger partial charge in [-0.25, -0.2) is 0 Å². The second-order valence-corrected chi connectivity index (χ2v) is 6.76. The Balaban J connectivity index is 1.48. The molecule has 2 amide bonds. The fourth-order valence-corrected chi connectivity index (χ4v) is 2.95. The van der Waals surface area contributed by atoms with Gasteiger partial charge in [0.05, 0.1) is 6.42 Å². The summed E-state index contributed by atoms with van der Waals surface area (Å²) in [6.07, 6.45) is 1.48. The van der Waals surface area contributed by atoms with Crippen molar-refractivity contribution in [2.45, 2.75) is 26.2 Å². The van der Waals surface area contributed by atoms with Crippen LogP contribution in [0.3, 0.4) is 0 Å². The van der Waals surface area contributed by atoms with E-state index in [0.717, 1.165) is 22.4 Å². The van der Waals surface area contributed by atoms with Crippen molar-refractivity contribution in [2.24, 2.45) is 0 Å². The molecule has 3 rings (SSSR count). The lowest BCUT2D eigenvalue weighted by molar-refractivity contribution is -0.116. The smallest absolute Gasteiger partial charge is 0.228 e. The first kappa shape index (κ1) is 19.4. The van der Waals surface area contributed by atoms with Crippen LogP contribution in [0.2, 0.25) is 0 Å². The summed E-state index contributed by atoms with van der Waals surface area (Å²) in [7, 11) is 0. The molecule has 0 radical (unpaired) electrons. The van der Waals surface area contributed by atoms with E-state index in [1.165, 1.54) is 0 Å². The first-order valence-corrected chi connectivity index (χ1v) is 9.38. The Bertz CT molecular complexity index is 934. The van der Waals surface area contributed by atoms with Crippen molar-refractivity contribution in [2.75, 3.05) is 10.6 Å². The number of hydrogen-bond donors (Lipinski definition) is 2. The van der Waals surface area contributed by atoms with E-state index in [1.54, 1.807) is 24.3 Å². The maximum absolute atomic E-state index is 12.2. The average molecular weight is 372 g/mol. The lowest BCUT2D eigenvalue weighted by atomic mass is 10.1. The largest absolute Gasteiger partial charge is 0.326 e. The number of aryl methyl sites for hydroxylation is 2. The number of hydrogen-bond acceptors (Lipinski definition) is 2. The highest BCUT2D eigenvalue weighted by Gasteiger charge is 2.07. The molecule has 0 fully saturated rings. The van der Waals surface area contributed by atoms with E-state index in [2.05, 4.69) is 10.6 Å². The lowest BCUT2D eigenvalue weighted by Crippen LogP contribution is -2.15. The van der Waals surface area contributed by atoms with Gasteiger partial charge in [-0.3, -0.25) is 9.59 Å². The van der Waals surface area contributed by atoms with Crippen LogP contribution in [0.4, 0.5) is 11.4 Å². The third-order valence-corrected chi connectivity index (χ3v) is 4.55. The van der Waals surface area contributed by atoms with Crippen molar-refractivity contribution in [3.05, 3.63) is 95.6 Å². The van der Waals surface area contributed by atoms with E-state index >= 15 is 0 Å². The fraction of sp³-hybridized carbons (Fsp3) is 0.167. The maximum atomic E-state index is 12.2. The van der Waals surface area contributed by atoms with Crippen molar-refractivity contribution in [3.63, 3.8) is 0 Å². The molecule has 3 aromatic carbocycles. The van der Waals surface area contributed by atoms with Crippen LogP contribution in [-0.4, -0.2) is 11.8 Å². The Morgan fingerprint density at radius 1 is 0.714 bits per heavy atom. The molecule has 3 aromatic rings. The molecule has 4 heteroatoms. The second-order valence-electron chi connectivity index (χ2n) is 6.76. The van der Waals surface area contributed by atoms with Gasteiger partial charge in [-0.05, 0) is 54.3 Å². The lowest BCUT2D eigenvalue weighted by Gasteiger charge is -2.09. The highest BCUT2D eigenvalue weighted by molar-refractivity contribution is 5.94. The number of benzene rings is 3. The van der Waals surface area contributed by atoms with Crippen molar-refractivity contribution in [1.82, 2.24) is 0 Å². The topological polar surface area (TPSA) is 58.2 Å². The highest BCUT2D eigenvalue weighted by atomic mass is 16.2. The molecule has 0 heterocycles. The first-order chi connectivity index (χ1) is 13.6. The van der Waals surface area contributed by atoms with Crippen LogP contribution >= 0.6 is 0 Å². The number of nitrogens with one attached hydrogen (secondary N) is 2. The monoisotopic (exact) mass is 372 g/mol. The Morgan fingerprint density at radius 2 is 1.29 bits per heavy atom. The normalized spacial score (nSPS) is 10.3. The fourth-order valence-electron chi connectivity index (χ4n) is 2.95. The number of rotatable bonds is 7. The predicted molar refractivity (Wildman–Crippen MR) is 113 cm³/mol. The van der Waals surface area contributed by atoms with E-state index in [-0.39, 0.29) is 11.8 Å². The van der Waals surface area contributed by atoms with Crippen molar-refractivity contribution >= 4 is 23.2 Å². The minimum absolute atomic E-state index is 0.0276. The highest BCUT2D eigenvalue weighted by Crippen LogP contribution is 2.15. The summed E-state index contributed by atoms with van der Waals surface area (Å²) in [6.45, 7) is 2.00. The molecule has 0 aliphatic carbocycles. The molecule has 0 spiro atoms. The maximum Gasteiger partial charge on any atom is 0.228 e. The van der Waals surface area contributed by atoms with E-state index in [4.69, 9.17) is 0 Å². The number of carbonyl (C=O) groups excluding carboxylic acids is 2. The number of carbonyl (C=O) groups is 2. The van der Waals surface area contributed by atoms with Gasteiger partial charge in [-0.15, -0.1) is 0 Å². The molecule has 4 nitrogen and oxygen atoms in total. The van der Waals surface area contributed by atoms with Gasteiger partial charge in [0.25, 0.3) is 0 Å². The van der Waals surface area contributed by atoms with Crippen molar-refractivity contribution < 1.29 is 9.59 Å².